The van der Waals surface area contributed by atoms with E-state index in [4.69, 9.17) is 10.5 Å². The number of urea groups is 1. The van der Waals surface area contributed by atoms with Crippen LogP contribution in [0.2, 0.25) is 0 Å². The van der Waals surface area contributed by atoms with Crippen LogP contribution in [0, 0.1) is 5.92 Å². The summed E-state index contributed by atoms with van der Waals surface area (Å²) in [7, 11) is 0. The van der Waals surface area contributed by atoms with Crippen molar-refractivity contribution in [1.82, 2.24) is 14.7 Å². The third-order valence-electron chi connectivity index (χ3n) is 4.84. The predicted octanol–water partition coefficient (Wildman–Crippen LogP) is 0.733. The molecule has 0 aromatic carbocycles. The molecule has 3 amide bonds. The van der Waals surface area contributed by atoms with Gasteiger partial charge in [0.25, 0.3) is 0 Å². The van der Waals surface area contributed by atoms with E-state index >= 15 is 0 Å². The SMILES string of the molecule is CC(C)[C@H](C(=O)N1CCCN(C(N)=O)CC1)N1C[C@@H](C)O[C@H](C)C1. The number of carbonyl (C=O) groups is 2. The second-order valence-electron chi connectivity index (χ2n) is 7.40. The topological polar surface area (TPSA) is 79.1 Å². The normalized spacial score (nSPS) is 27.9. The third-order valence-corrected chi connectivity index (χ3v) is 4.84. The number of amides is 3. The fourth-order valence-corrected chi connectivity index (χ4v) is 3.85. The molecule has 0 bridgehead atoms. The van der Waals surface area contributed by atoms with E-state index in [1.54, 1.807) is 4.90 Å². The quantitative estimate of drug-likeness (QED) is 0.822. The van der Waals surface area contributed by atoms with Crippen LogP contribution in [0.15, 0.2) is 0 Å². The van der Waals surface area contributed by atoms with Crippen molar-refractivity contribution in [1.29, 1.82) is 0 Å². The van der Waals surface area contributed by atoms with Gasteiger partial charge in [0.1, 0.15) is 0 Å². The first-order valence-electron chi connectivity index (χ1n) is 9.02. The highest BCUT2D eigenvalue weighted by Gasteiger charge is 2.36. The molecule has 3 atom stereocenters. The van der Waals surface area contributed by atoms with Crippen LogP contribution >= 0.6 is 0 Å². The average Bonchev–Trinajstić information content (AvgIpc) is 2.71. The van der Waals surface area contributed by atoms with Gasteiger partial charge in [0.15, 0.2) is 0 Å². The maximum Gasteiger partial charge on any atom is 0.314 e. The highest BCUT2D eigenvalue weighted by atomic mass is 16.5. The van der Waals surface area contributed by atoms with Crippen molar-refractivity contribution in [3.8, 4) is 0 Å². The minimum absolute atomic E-state index is 0.136. The summed E-state index contributed by atoms with van der Waals surface area (Å²) in [5.41, 5.74) is 5.38. The number of hydrogen-bond donors (Lipinski definition) is 1. The van der Waals surface area contributed by atoms with Gasteiger partial charge in [0, 0.05) is 39.3 Å². The van der Waals surface area contributed by atoms with Crippen molar-refractivity contribution in [3.63, 3.8) is 0 Å². The highest BCUT2D eigenvalue weighted by Crippen LogP contribution is 2.21. The van der Waals surface area contributed by atoms with E-state index in [0.717, 1.165) is 19.5 Å². The second-order valence-corrected chi connectivity index (χ2v) is 7.40. The number of rotatable bonds is 3. The predicted molar refractivity (Wildman–Crippen MR) is 92.6 cm³/mol. The molecule has 2 rings (SSSR count). The zero-order valence-electron chi connectivity index (χ0n) is 15.4. The molecule has 7 heteroatoms. The van der Waals surface area contributed by atoms with E-state index in [-0.39, 0.29) is 30.1 Å². The lowest BCUT2D eigenvalue weighted by Gasteiger charge is -2.42. The summed E-state index contributed by atoms with van der Waals surface area (Å²) in [6, 6.07) is -0.542. The Bertz CT molecular complexity index is 447. The fourth-order valence-electron chi connectivity index (χ4n) is 3.85. The van der Waals surface area contributed by atoms with Gasteiger partial charge in [-0.05, 0) is 26.2 Å². The van der Waals surface area contributed by atoms with Crippen molar-refractivity contribution in [2.45, 2.75) is 52.4 Å². The molecular formula is C17H32N4O3. The van der Waals surface area contributed by atoms with Gasteiger partial charge in [0.05, 0.1) is 18.2 Å². The minimum atomic E-state index is -0.402. The number of primary amides is 1. The van der Waals surface area contributed by atoms with Gasteiger partial charge in [0.2, 0.25) is 5.91 Å². The molecule has 24 heavy (non-hydrogen) atoms. The van der Waals surface area contributed by atoms with E-state index < -0.39 is 6.03 Å². The monoisotopic (exact) mass is 340 g/mol. The van der Waals surface area contributed by atoms with Crippen LogP contribution in [0.4, 0.5) is 4.79 Å². The van der Waals surface area contributed by atoms with Crippen molar-refractivity contribution in [2.75, 3.05) is 39.3 Å². The molecule has 2 aliphatic rings. The van der Waals surface area contributed by atoms with Gasteiger partial charge >= 0.3 is 6.03 Å². The van der Waals surface area contributed by atoms with Gasteiger partial charge in [-0.2, -0.15) is 0 Å². The van der Waals surface area contributed by atoms with Crippen molar-refractivity contribution < 1.29 is 14.3 Å². The lowest BCUT2D eigenvalue weighted by atomic mass is 9.99. The molecule has 0 saturated carbocycles. The minimum Gasteiger partial charge on any atom is -0.373 e. The number of hydrogen-bond acceptors (Lipinski definition) is 4. The molecule has 0 unspecified atom stereocenters. The fraction of sp³-hybridized carbons (Fsp3) is 0.882. The summed E-state index contributed by atoms with van der Waals surface area (Å²) >= 11 is 0. The standard InChI is InChI=1S/C17H32N4O3/c1-12(2)15(21-10-13(3)24-14(4)11-21)16(22)19-6-5-7-20(9-8-19)17(18)23/h12-15H,5-11H2,1-4H3,(H2,18,23)/t13-,14-,15-/m1/s1. The van der Waals surface area contributed by atoms with Gasteiger partial charge in [-0.3, -0.25) is 9.69 Å². The van der Waals surface area contributed by atoms with Gasteiger partial charge < -0.3 is 20.3 Å². The molecule has 2 fully saturated rings. The van der Waals surface area contributed by atoms with Crippen LogP contribution < -0.4 is 5.73 Å². The molecule has 2 aliphatic heterocycles. The Kier molecular flexibility index (Phi) is 6.46. The molecule has 2 saturated heterocycles. The van der Waals surface area contributed by atoms with E-state index in [9.17, 15) is 9.59 Å². The van der Waals surface area contributed by atoms with Crippen LogP contribution in [0.1, 0.15) is 34.1 Å². The molecule has 2 N–H and O–H groups in total. The summed E-state index contributed by atoms with van der Waals surface area (Å²) in [6.45, 7) is 12.2. The summed E-state index contributed by atoms with van der Waals surface area (Å²) in [4.78, 5) is 30.3. The summed E-state index contributed by atoms with van der Waals surface area (Å²) in [5.74, 6) is 0.392. The average molecular weight is 340 g/mol. The van der Waals surface area contributed by atoms with Crippen LogP contribution in [0.5, 0.6) is 0 Å². The van der Waals surface area contributed by atoms with Crippen molar-refractivity contribution in [3.05, 3.63) is 0 Å². The number of nitrogens with zero attached hydrogens (tertiary/aromatic N) is 3. The maximum atomic E-state index is 13.2. The number of nitrogens with two attached hydrogens (primary N) is 1. The Morgan fingerprint density at radius 3 is 2.08 bits per heavy atom. The zero-order valence-corrected chi connectivity index (χ0v) is 15.4. The summed E-state index contributed by atoms with van der Waals surface area (Å²) in [6.07, 6.45) is 1.05. The first-order chi connectivity index (χ1) is 11.3. The Balaban J connectivity index is 2.07. The molecular weight excluding hydrogens is 308 g/mol. The van der Waals surface area contributed by atoms with Gasteiger partial charge in [-0.25, -0.2) is 4.79 Å². The summed E-state index contributed by atoms with van der Waals surface area (Å²) in [5, 5.41) is 0. The van der Waals surface area contributed by atoms with Gasteiger partial charge in [-0.1, -0.05) is 13.8 Å². The van der Waals surface area contributed by atoms with Crippen LogP contribution in [0.25, 0.3) is 0 Å². The van der Waals surface area contributed by atoms with Crippen molar-refractivity contribution >= 4 is 11.9 Å². The lowest BCUT2D eigenvalue weighted by Crippen LogP contribution is -2.58. The summed E-state index contributed by atoms with van der Waals surface area (Å²) < 4.78 is 5.81. The molecule has 0 spiro atoms. The van der Waals surface area contributed by atoms with E-state index in [1.165, 1.54) is 0 Å². The van der Waals surface area contributed by atoms with Crippen LogP contribution in [0.3, 0.4) is 0 Å². The number of morpholine rings is 1. The molecule has 0 aromatic heterocycles. The third kappa shape index (κ3) is 4.60. The smallest absolute Gasteiger partial charge is 0.314 e. The van der Waals surface area contributed by atoms with Crippen molar-refractivity contribution in [2.24, 2.45) is 11.7 Å². The molecule has 0 aromatic rings. The number of carbonyl (C=O) groups excluding carboxylic acids is 2. The largest absolute Gasteiger partial charge is 0.373 e. The Labute approximate surface area is 145 Å². The lowest BCUT2D eigenvalue weighted by molar-refractivity contribution is -0.145. The molecule has 2 heterocycles. The van der Waals surface area contributed by atoms with Crippen LogP contribution in [-0.2, 0) is 9.53 Å². The van der Waals surface area contributed by atoms with E-state index in [2.05, 4.69) is 32.6 Å². The van der Waals surface area contributed by atoms with Gasteiger partial charge in [-0.15, -0.1) is 0 Å². The zero-order chi connectivity index (χ0) is 17.9. The maximum absolute atomic E-state index is 13.2. The Hall–Kier alpha value is -1.34. The Morgan fingerprint density at radius 1 is 1.00 bits per heavy atom. The molecule has 0 radical (unpaired) electrons. The first-order valence-corrected chi connectivity index (χ1v) is 9.02. The molecule has 0 aliphatic carbocycles. The van der Waals surface area contributed by atoms with E-state index in [1.807, 2.05) is 4.90 Å². The van der Waals surface area contributed by atoms with Crippen LogP contribution in [-0.4, -0.2) is 84.2 Å². The van der Waals surface area contributed by atoms with E-state index in [0.29, 0.717) is 26.2 Å². The second kappa shape index (κ2) is 8.16. The molecule has 7 nitrogen and oxygen atoms in total. The first kappa shape index (κ1) is 19.0. The Morgan fingerprint density at radius 2 is 1.54 bits per heavy atom. The molecule has 138 valence electrons. The highest BCUT2D eigenvalue weighted by molar-refractivity contribution is 5.82. The number of ether oxygens (including phenoxy) is 1.